The molecule has 0 aliphatic carbocycles. The first kappa shape index (κ1) is 16.2. The minimum absolute atomic E-state index is 0.0128. The average molecular weight is 285 g/mol. The molecule has 2 heterocycles. The van der Waals surface area contributed by atoms with E-state index in [0.29, 0.717) is 18.1 Å². The van der Waals surface area contributed by atoms with E-state index in [4.69, 9.17) is 14.2 Å². The molecule has 0 aromatic rings. The summed E-state index contributed by atoms with van der Waals surface area (Å²) in [4.78, 5) is 0. The molecule has 2 aliphatic rings. The molecule has 2 fully saturated rings. The molecular formula is C16H31NO3. The Bertz CT molecular complexity index is 279. The van der Waals surface area contributed by atoms with E-state index in [2.05, 4.69) is 26.1 Å². The molecule has 0 radical (unpaired) electrons. The lowest BCUT2D eigenvalue weighted by atomic mass is 9.79. The zero-order chi connectivity index (χ0) is 14.4. The molecule has 0 amide bonds. The van der Waals surface area contributed by atoms with E-state index >= 15 is 0 Å². The van der Waals surface area contributed by atoms with Crippen molar-refractivity contribution < 1.29 is 14.2 Å². The van der Waals surface area contributed by atoms with E-state index in [1.54, 1.807) is 0 Å². The van der Waals surface area contributed by atoms with Crippen molar-refractivity contribution in [1.29, 1.82) is 0 Å². The van der Waals surface area contributed by atoms with Gasteiger partial charge in [0.15, 0.2) is 0 Å². The Morgan fingerprint density at radius 1 is 1.30 bits per heavy atom. The van der Waals surface area contributed by atoms with Crippen LogP contribution in [0.5, 0.6) is 0 Å². The van der Waals surface area contributed by atoms with Crippen molar-refractivity contribution in [2.24, 2.45) is 5.92 Å². The summed E-state index contributed by atoms with van der Waals surface area (Å²) in [5.41, 5.74) is -0.0128. The molecule has 2 saturated heterocycles. The Balaban J connectivity index is 2.03. The highest BCUT2D eigenvalue weighted by molar-refractivity contribution is 4.95. The molecule has 4 nitrogen and oxygen atoms in total. The van der Waals surface area contributed by atoms with Crippen molar-refractivity contribution >= 4 is 0 Å². The molecule has 118 valence electrons. The van der Waals surface area contributed by atoms with Gasteiger partial charge in [0.1, 0.15) is 0 Å². The lowest BCUT2D eigenvalue weighted by molar-refractivity contribution is -0.112. The zero-order valence-electron chi connectivity index (χ0n) is 13.3. The van der Waals surface area contributed by atoms with Crippen LogP contribution in [0.3, 0.4) is 0 Å². The molecule has 20 heavy (non-hydrogen) atoms. The van der Waals surface area contributed by atoms with Crippen molar-refractivity contribution in [3.8, 4) is 0 Å². The highest BCUT2D eigenvalue weighted by Crippen LogP contribution is 2.38. The summed E-state index contributed by atoms with van der Waals surface area (Å²) in [6.07, 6.45) is 4.65. The second kappa shape index (κ2) is 7.74. The van der Waals surface area contributed by atoms with Crippen LogP contribution >= 0.6 is 0 Å². The molecule has 0 aromatic heterocycles. The van der Waals surface area contributed by atoms with E-state index in [0.717, 1.165) is 58.7 Å². The number of hydrogen-bond acceptors (Lipinski definition) is 4. The molecule has 4 unspecified atom stereocenters. The maximum Gasteiger partial charge on any atom is 0.0939 e. The maximum absolute atomic E-state index is 6.06. The molecule has 4 heteroatoms. The van der Waals surface area contributed by atoms with Crippen LogP contribution in [0, 0.1) is 5.92 Å². The van der Waals surface area contributed by atoms with E-state index in [1.165, 1.54) is 0 Å². The fraction of sp³-hybridized carbons (Fsp3) is 1.00. The van der Waals surface area contributed by atoms with Crippen LogP contribution in [0.1, 0.15) is 46.5 Å². The highest BCUT2D eigenvalue weighted by Gasteiger charge is 2.44. The fourth-order valence-electron chi connectivity index (χ4n) is 3.76. The van der Waals surface area contributed by atoms with Gasteiger partial charge in [-0.1, -0.05) is 13.8 Å². The third-order valence-corrected chi connectivity index (χ3v) is 4.73. The zero-order valence-corrected chi connectivity index (χ0v) is 13.3. The Kier molecular flexibility index (Phi) is 6.27. The summed E-state index contributed by atoms with van der Waals surface area (Å²) >= 11 is 0. The van der Waals surface area contributed by atoms with Gasteiger partial charge >= 0.3 is 0 Å². The van der Waals surface area contributed by atoms with Gasteiger partial charge in [-0.25, -0.2) is 0 Å². The van der Waals surface area contributed by atoms with Gasteiger partial charge in [0.25, 0.3) is 0 Å². The predicted molar refractivity (Wildman–Crippen MR) is 80.0 cm³/mol. The molecule has 0 aromatic carbocycles. The minimum Gasteiger partial charge on any atom is -0.378 e. The number of nitrogens with one attached hydrogen (secondary N) is 1. The maximum atomic E-state index is 6.06. The first-order chi connectivity index (χ1) is 9.74. The number of hydrogen-bond donors (Lipinski definition) is 1. The number of ether oxygens (including phenoxy) is 3. The summed E-state index contributed by atoms with van der Waals surface area (Å²) in [7, 11) is 0. The summed E-state index contributed by atoms with van der Waals surface area (Å²) in [5.74, 6) is 0.627. The molecule has 2 aliphatic heterocycles. The van der Waals surface area contributed by atoms with Crippen LogP contribution < -0.4 is 5.32 Å². The second-order valence-corrected chi connectivity index (χ2v) is 6.07. The normalized spacial score (nSPS) is 33.5. The van der Waals surface area contributed by atoms with Gasteiger partial charge < -0.3 is 19.5 Å². The van der Waals surface area contributed by atoms with Gasteiger partial charge in [0.2, 0.25) is 0 Å². The summed E-state index contributed by atoms with van der Waals surface area (Å²) < 4.78 is 17.6. The molecular weight excluding hydrogens is 254 g/mol. The van der Waals surface area contributed by atoms with E-state index in [1.807, 2.05) is 0 Å². The molecule has 1 N–H and O–H groups in total. The SMILES string of the molecule is CCNC(C1CCOC2(CCOC2)C1)C(CC)OCC. The Hall–Kier alpha value is -0.160. The first-order valence-corrected chi connectivity index (χ1v) is 8.31. The smallest absolute Gasteiger partial charge is 0.0939 e. The van der Waals surface area contributed by atoms with Crippen molar-refractivity contribution in [1.82, 2.24) is 5.32 Å². The minimum atomic E-state index is -0.0128. The summed E-state index contributed by atoms with van der Waals surface area (Å²) in [6.45, 7) is 10.8. The van der Waals surface area contributed by atoms with Crippen LogP contribution in [0.25, 0.3) is 0 Å². The molecule has 2 rings (SSSR count). The lowest BCUT2D eigenvalue weighted by Gasteiger charge is -2.42. The Morgan fingerprint density at radius 2 is 2.15 bits per heavy atom. The van der Waals surface area contributed by atoms with Gasteiger partial charge in [-0.2, -0.15) is 0 Å². The summed E-state index contributed by atoms with van der Waals surface area (Å²) in [5, 5.41) is 3.67. The first-order valence-electron chi connectivity index (χ1n) is 8.31. The van der Waals surface area contributed by atoms with Gasteiger partial charge in [0.05, 0.1) is 18.3 Å². The van der Waals surface area contributed by atoms with Crippen LogP contribution in [0.2, 0.25) is 0 Å². The van der Waals surface area contributed by atoms with Crippen molar-refractivity contribution in [2.75, 3.05) is 33.0 Å². The molecule has 1 spiro atoms. The van der Waals surface area contributed by atoms with Gasteiger partial charge in [0, 0.05) is 32.3 Å². The van der Waals surface area contributed by atoms with Gasteiger partial charge in [-0.05, 0) is 38.6 Å². The van der Waals surface area contributed by atoms with E-state index in [9.17, 15) is 0 Å². The van der Waals surface area contributed by atoms with Crippen LogP contribution in [-0.2, 0) is 14.2 Å². The van der Waals surface area contributed by atoms with Crippen molar-refractivity contribution in [3.63, 3.8) is 0 Å². The van der Waals surface area contributed by atoms with Gasteiger partial charge in [-0.3, -0.25) is 0 Å². The second-order valence-electron chi connectivity index (χ2n) is 6.07. The van der Waals surface area contributed by atoms with Crippen molar-refractivity contribution in [3.05, 3.63) is 0 Å². The molecule has 0 saturated carbocycles. The summed E-state index contributed by atoms with van der Waals surface area (Å²) in [6, 6.07) is 0.436. The lowest BCUT2D eigenvalue weighted by Crippen LogP contribution is -2.52. The van der Waals surface area contributed by atoms with Crippen LogP contribution in [-0.4, -0.2) is 50.7 Å². The quantitative estimate of drug-likeness (QED) is 0.779. The predicted octanol–water partition coefficient (Wildman–Crippen LogP) is 2.37. The average Bonchev–Trinajstić information content (AvgIpc) is 2.90. The monoisotopic (exact) mass is 285 g/mol. The highest BCUT2D eigenvalue weighted by atomic mass is 16.6. The van der Waals surface area contributed by atoms with E-state index < -0.39 is 0 Å². The van der Waals surface area contributed by atoms with Gasteiger partial charge in [-0.15, -0.1) is 0 Å². The van der Waals surface area contributed by atoms with Crippen molar-refractivity contribution in [2.45, 2.75) is 64.2 Å². The topological polar surface area (TPSA) is 39.7 Å². The largest absolute Gasteiger partial charge is 0.378 e. The Labute approximate surface area is 123 Å². The Morgan fingerprint density at radius 3 is 2.75 bits per heavy atom. The third-order valence-electron chi connectivity index (χ3n) is 4.73. The fourth-order valence-corrected chi connectivity index (χ4v) is 3.76. The molecule has 4 atom stereocenters. The number of likely N-dealkylation sites (N-methyl/N-ethyl adjacent to an activating group) is 1. The third kappa shape index (κ3) is 3.73. The van der Waals surface area contributed by atoms with Crippen LogP contribution in [0.15, 0.2) is 0 Å². The molecule has 0 bridgehead atoms. The number of rotatable bonds is 7. The standard InChI is InChI=1S/C16H31NO3/c1-4-14(19-6-3)15(17-5-2)13-7-9-20-16(11-13)8-10-18-12-16/h13-15,17H,4-12H2,1-3H3. The van der Waals surface area contributed by atoms with E-state index in [-0.39, 0.29) is 5.60 Å². The van der Waals surface area contributed by atoms with Crippen LogP contribution in [0.4, 0.5) is 0 Å².